The highest BCUT2D eigenvalue weighted by Crippen LogP contribution is 2.23. The zero-order valence-corrected chi connectivity index (χ0v) is 17.0. The highest BCUT2D eigenvalue weighted by Gasteiger charge is 2.16. The summed E-state index contributed by atoms with van der Waals surface area (Å²) in [7, 11) is 0. The second-order valence-corrected chi connectivity index (χ2v) is 7.41. The van der Waals surface area contributed by atoms with Crippen LogP contribution in [-0.4, -0.2) is 68.8 Å². The summed E-state index contributed by atoms with van der Waals surface area (Å²) in [6.45, 7) is 10.2. The molecular formula is C20H28N8O. The van der Waals surface area contributed by atoms with Crippen molar-refractivity contribution < 1.29 is 4.74 Å². The van der Waals surface area contributed by atoms with Gasteiger partial charge in [0.05, 0.1) is 19.5 Å². The molecule has 1 aliphatic rings. The summed E-state index contributed by atoms with van der Waals surface area (Å²) in [4.78, 5) is 20.5. The molecule has 1 aliphatic heterocycles. The number of hydrogen-bond donors (Lipinski definition) is 2. The van der Waals surface area contributed by atoms with E-state index in [-0.39, 0.29) is 6.04 Å². The molecular weight excluding hydrogens is 368 g/mol. The molecule has 2 N–H and O–H groups in total. The number of ether oxygens (including phenoxy) is 1. The minimum Gasteiger partial charge on any atom is -0.379 e. The molecule has 0 unspecified atom stereocenters. The Kier molecular flexibility index (Phi) is 6.16. The molecule has 0 spiro atoms. The summed E-state index contributed by atoms with van der Waals surface area (Å²) in [6.07, 6.45) is 5.44. The third-order valence-electron chi connectivity index (χ3n) is 4.98. The van der Waals surface area contributed by atoms with Crippen LogP contribution in [0.4, 0.5) is 11.8 Å². The third kappa shape index (κ3) is 4.80. The van der Waals surface area contributed by atoms with E-state index in [9.17, 15) is 0 Å². The summed E-state index contributed by atoms with van der Waals surface area (Å²) >= 11 is 0. The fourth-order valence-electron chi connectivity index (χ4n) is 3.34. The van der Waals surface area contributed by atoms with Crippen LogP contribution >= 0.6 is 0 Å². The lowest BCUT2D eigenvalue weighted by atomic mass is 10.3. The van der Waals surface area contributed by atoms with Crippen LogP contribution in [0.2, 0.25) is 0 Å². The Balaban J connectivity index is 1.52. The first kappa shape index (κ1) is 19.5. The largest absolute Gasteiger partial charge is 0.379 e. The van der Waals surface area contributed by atoms with E-state index in [1.807, 2.05) is 24.7 Å². The lowest BCUT2D eigenvalue weighted by Crippen LogP contribution is -2.39. The van der Waals surface area contributed by atoms with E-state index in [0.29, 0.717) is 12.5 Å². The van der Waals surface area contributed by atoms with Gasteiger partial charge in [0, 0.05) is 51.2 Å². The van der Waals surface area contributed by atoms with Gasteiger partial charge in [-0.25, -0.2) is 4.98 Å². The van der Waals surface area contributed by atoms with Crippen molar-refractivity contribution in [2.75, 3.05) is 50.0 Å². The average Bonchev–Trinajstić information content (AvgIpc) is 3.18. The first-order valence-electron chi connectivity index (χ1n) is 10.1. The van der Waals surface area contributed by atoms with Crippen molar-refractivity contribution in [3.8, 4) is 0 Å². The molecule has 9 heteroatoms. The van der Waals surface area contributed by atoms with Crippen molar-refractivity contribution in [1.82, 2.24) is 29.4 Å². The number of morpholine rings is 1. The Morgan fingerprint density at radius 1 is 1.17 bits per heavy atom. The number of nitrogens with one attached hydrogen (secondary N) is 2. The number of pyridine rings is 1. The van der Waals surface area contributed by atoms with Crippen LogP contribution in [0.1, 0.15) is 25.5 Å². The first-order valence-corrected chi connectivity index (χ1v) is 10.1. The summed E-state index contributed by atoms with van der Waals surface area (Å²) in [5, 5.41) is 6.78. The highest BCUT2D eigenvalue weighted by atomic mass is 16.5. The van der Waals surface area contributed by atoms with E-state index >= 15 is 0 Å². The summed E-state index contributed by atoms with van der Waals surface area (Å²) in [5.74, 6) is 1.34. The van der Waals surface area contributed by atoms with Gasteiger partial charge in [0.2, 0.25) is 5.95 Å². The molecule has 1 saturated heterocycles. The van der Waals surface area contributed by atoms with Crippen LogP contribution in [0.5, 0.6) is 0 Å². The van der Waals surface area contributed by atoms with Crippen LogP contribution in [0.3, 0.4) is 0 Å². The van der Waals surface area contributed by atoms with Crippen LogP contribution in [0.25, 0.3) is 11.2 Å². The second-order valence-electron chi connectivity index (χ2n) is 7.41. The number of nitrogens with zero attached hydrogens (tertiary/aromatic N) is 6. The van der Waals surface area contributed by atoms with Crippen molar-refractivity contribution in [2.45, 2.75) is 26.4 Å². The maximum absolute atomic E-state index is 5.42. The van der Waals surface area contributed by atoms with Crippen molar-refractivity contribution in [3.63, 3.8) is 0 Å². The summed E-state index contributed by atoms with van der Waals surface area (Å²) in [6, 6.07) is 4.22. The zero-order chi connectivity index (χ0) is 20.1. The van der Waals surface area contributed by atoms with Gasteiger partial charge < -0.3 is 19.9 Å². The predicted molar refractivity (Wildman–Crippen MR) is 113 cm³/mol. The van der Waals surface area contributed by atoms with E-state index in [0.717, 1.165) is 61.9 Å². The number of imidazole rings is 1. The van der Waals surface area contributed by atoms with Gasteiger partial charge in [0.15, 0.2) is 17.0 Å². The molecule has 0 saturated carbocycles. The summed E-state index contributed by atoms with van der Waals surface area (Å²) in [5.41, 5.74) is 2.71. The maximum Gasteiger partial charge on any atom is 0.227 e. The van der Waals surface area contributed by atoms with Crippen molar-refractivity contribution in [1.29, 1.82) is 0 Å². The quantitative estimate of drug-likeness (QED) is 0.598. The van der Waals surface area contributed by atoms with Gasteiger partial charge in [-0.05, 0) is 25.5 Å². The number of fused-ring (bicyclic) bond motifs is 1. The average molecular weight is 396 g/mol. The van der Waals surface area contributed by atoms with Gasteiger partial charge in [-0.15, -0.1) is 0 Å². The van der Waals surface area contributed by atoms with Crippen molar-refractivity contribution in [2.24, 2.45) is 0 Å². The zero-order valence-electron chi connectivity index (χ0n) is 17.0. The normalized spacial score (nSPS) is 15.1. The van der Waals surface area contributed by atoms with E-state index in [1.165, 1.54) is 0 Å². The smallest absolute Gasteiger partial charge is 0.227 e. The van der Waals surface area contributed by atoms with Crippen molar-refractivity contribution in [3.05, 3.63) is 36.4 Å². The van der Waals surface area contributed by atoms with Crippen LogP contribution in [0.15, 0.2) is 30.9 Å². The highest BCUT2D eigenvalue weighted by molar-refractivity contribution is 5.84. The number of aromatic nitrogens is 5. The molecule has 0 aromatic carbocycles. The van der Waals surface area contributed by atoms with E-state index in [4.69, 9.17) is 14.7 Å². The number of rotatable bonds is 8. The third-order valence-corrected chi connectivity index (χ3v) is 4.98. The van der Waals surface area contributed by atoms with E-state index in [1.54, 1.807) is 6.20 Å². The SMILES string of the molecule is CC(C)n1cnc2c(NCCN3CCOCC3)nc(NCc3cccnc3)nc21. The minimum absolute atomic E-state index is 0.266. The van der Waals surface area contributed by atoms with Gasteiger partial charge in [0.25, 0.3) is 0 Å². The Morgan fingerprint density at radius 3 is 2.79 bits per heavy atom. The maximum atomic E-state index is 5.42. The molecule has 9 nitrogen and oxygen atoms in total. The monoisotopic (exact) mass is 396 g/mol. The summed E-state index contributed by atoms with van der Waals surface area (Å²) < 4.78 is 7.49. The van der Waals surface area contributed by atoms with E-state index < -0.39 is 0 Å². The first-order chi connectivity index (χ1) is 14.2. The Hall–Kier alpha value is -2.78. The van der Waals surface area contributed by atoms with Gasteiger partial charge in [-0.1, -0.05) is 6.07 Å². The van der Waals surface area contributed by atoms with Gasteiger partial charge in [0.1, 0.15) is 0 Å². The van der Waals surface area contributed by atoms with Gasteiger partial charge in [-0.2, -0.15) is 9.97 Å². The molecule has 0 radical (unpaired) electrons. The Labute approximate surface area is 170 Å². The van der Waals surface area contributed by atoms with E-state index in [2.05, 4.69) is 43.9 Å². The van der Waals surface area contributed by atoms with Crippen LogP contribution < -0.4 is 10.6 Å². The molecule has 0 bridgehead atoms. The predicted octanol–water partition coefficient (Wildman–Crippen LogP) is 2.16. The van der Waals surface area contributed by atoms with Gasteiger partial charge >= 0.3 is 0 Å². The Bertz CT molecular complexity index is 921. The fraction of sp³-hybridized carbons (Fsp3) is 0.500. The molecule has 0 atom stereocenters. The van der Waals surface area contributed by atoms with Gasteiger partial charge in [-0.3, -0.25) is 9.88 Å². The van der Waals surface area contributed by atoms with Crippen LogP contribution in [0, 0.1) is 0 Å². The number of hydrogen-bond acceptors (Lipinski definition) is 8. The molecule has 1 fully saturated rings. The molecule has 4 heterocycles. The molecule has 4 rings (SSSR count). The molecule has 0 amide bonds. The molecule has 29 heavy (non-hydrogen) atoms. The Morgan fingerprint density at radius 2 is 2.03 bits per heavy atom. The number of anilines is 2. The lowest BCUT2D eigenvalue weighted by Gasteiger charge is -2.26. The molecule has 0 aliphatic carbocycles. The lowest BCUT2D eigenvalue weighted by molar-refractivity contribution is 0.0398. The molecule has 3 aromatic heterocycles. The second kappa shape index (κ2) is 9.15. The standard InChI is InChI=1S/C20H28N8O/c1-15(2)28-14-24-17-18(22-6-7-27-8-10-29-11-9-27)25-20(26-19(17)28)23-13-16-4-3-5-21-12-16/h3-5,12,14-15H,6-11,13H2,1-2H3,(H2,22,23,25,26). The van der Waals surface area contributed by atoms with Crippen LogP contribution in [-0.2, 0) is 11.3 Å². The fourth-order valence-corrected chi connectivity index (χ4v) is 3.34. The molecule has 3 aromatic rings. The minimum atomic E-state index is 0.266. The topological polar surface area (TPSA) is 93.0 Å². The molecule has 154 valence electrons. The van der Waals surface area contributed by atoms with Crippen molar-refractivity contribution >= 4 is 22.9 Å².